The molecular weight excluding hydrogens is 388 g/mol. The zero-order chi connectivity index (χ0) is 19.3. The highest BCUT2D eigenvalue weighted by molar-refractivity contribution is 7.94. The van der Waals surface area contributed by atoms with Gasteiger partial charge in [0, 0.05) is 5.95 Å². The maximum absolute atomic E-state index is 12.2. The summed E-state index contributed by atoms with van der Waals surface area (Å²) < 4.78 is 56.1. The topological polar surface area (TPSA) is 122 Å². The van der Waals surface area contributed by atoms with Crippen molar-refractivity contribution < 1.29 is 16.8 Å². The van der Waals surface area contributed by atoms with Gasteiger partial charge in [-0.25, -0.2) is 16.8 Å². The fourth-order valence-electron chi connectivity index (χ4n) is 2.16. The lowest BCUT2D eigenvalue weighted by molar-refractivity contribution is 0.601. The Morgan fingerprint density at radius 3 is 2.00 bits per heavy atom. The Morgan fingerprint density at radius 1 is 0.741 bits per heavy atom. The Kier molecular flexibility index (Phi) is 5.38. The summed E-state index contributed by atoms with van der Waals surface area (Å²) in [6, 6.07) is 15.3. The van der Waals surface area contributed by atoms with Crippen molar-refractivity contribution in [3.63, 3.8) is 0 Å². The molecule has 0 N–H and O–H groups in total. The third-order valence-corrected chi connectivity index (χ3v) is 5.78. The van der Waals surface area contributed by atoms with E-state index in [-0.39, 0.29) is 22.3 Å². The first-order chi connectivity index (χ1) is 12.8. The van der Waals surface area contributed by atoms with Crippen molar-refractivity contribution in [3.05, 3.63) is 88.1 Å². The molecule has 10 heteroatoms. The summed E-state index contributed by atoms with van der Waals surface area (Å²) in [6.45, 7) is 0. The maximum atomic E-state index is 12.2. The van der Waals surface area contributed by atoms with Crippen LogP contribution in [0.15, 0.2) is 78.0 Å². The summed E-state index contributed by atoms with van der Waals surface area (Å²) in [4.78, 5) is 7.36. The Hall–Kier alpha value is -2.98. The zero-order valence-corrected chi connectivity index (χ0v) is 15.5. The van der Waals surface area contributed by atoms with E-state index >= 15 is 0 Å². The van der Waals surface area contributed by atoms with Gasteiger partial charge in [-0.3, -0.25) is 4.72 Å². The first-order valence-electron chi connectivity index (χ1n) is 7.69. The number of nitrogens with zero attached hydrogens (tertiary/aromatic N) is 4. The molecule has 0 aliphatic rings. The van der Waals surface area contributed by atoms with E-state index in [0.717, 1.165) is 0 Å². The number of hydrogen-bond donors (Lipinski definition) is 0. The predicted octanol–water partition coefficient (Wildman–Crippen LogP) is 3.41. The van der Waals surface area contributed by atoms with Gasteiger partial charge in [0.2, 0.25) is 10.0 Å². The standard InChI is InChI=1S/C17H14N4O4S2/c22-26(23,13-14-5-2-1-3-6-14)20-15-7-9-16(10-8-15)27(24,25)21-17-18-11-4-12-19-17/h1-12H,13H2/q-2. The van der Waals surface area contributed by atoms with E-state index in [1.807, 2.05) is 0 Å². The Morgan fingerprint density at radius 2 is 1.37 bits per heavy atom. The van der Waals surface area contributed by atoms with Crippen LogP contribution in [0, 0.1) is 0 Å². The van der Waals surface area contributed by atoms with Gasteiger partial charge in [-0.15, -0.1) is 5.69 Å². The van der Waals surface area contributed by atoms with E-state index in [4.69, 9.17) is 0 Å². The normalized spacial score (nSPS) is 11.7. The van der Waals surface area contributed by atoms with E-state index in [9.17, 15) is 16.8 Å². The second kappa shape index (κ2) is 7.72. The number of hydrogen-bond acceptors (Lipinski definition) is 6. The Bertz CT molecular complexity index is 1100. The smallest absolute Gasteiger partial charge is 0.229 e. The Balaban J connectivity index is 1.71. The molecule has 0 radical (unpaired) electrons. The largest absolute Gasteiger partial charge is 0.577 e. The minimum atomic E-state index is -4.01. The second-order valence-electron chi connectivity index (χ2n) is 5.41. The van der Waals surface area contributed by atoms with Crippen molar-refractivity contribution in [1.29, 1.82) is 0 Å². The third kappa shape index (κ3) is 5.25. The Labute approximate surface area is 157 Å². The summed E-state index contributed by atoms with van der Waals surface area (Å²) in [7, 11) is -7.77. The van der Waals surface area contributed by atoms with Crippen molar-refractivity contribution in [2.24, 2.45) is 0 Å². The van der Waals surface area contributed by atoms with E-state index in [1.165, 1.54) is 42.7 Å². The van der Waals surface area contributed by atoms with Gasteiger partial charge < -0.3 is 14.7 Å². The second-order valence-corrected chi connectivity index (χ2v) is 8.65. The lowest BCUT2D eigenvalue weighted by atomic mass is 10.2. The lowest BCUT2D eigenvalue weighted by Crippen LogP contribution is -2.01. The zero-order valence-electron chi connectivity index (χ0n) is 13.9. The third-order valence-electron chi connectivity index (χ3n) is 3.32. The van der Waals surface area contributed by atoms with Crippen LogP contribution in [0.3, 0.4) is 0 Å². The van der Waals surface area contributed by atoms with Crippen LogP contribution in [-0.2, 0) is 25.8 Å². The fraction of sp³-hybridized carbons (Fsp3) is 0.0588. The van der Waals surface area contributed by atoms with E-state index in [2.05, 4.69) is 19.4 Å². The molecule has 0 aliphatic carbocycles. The van der Waals surface area contributed by atoms with Crippen molar-refractivity contribution in [2.45, 2.75) is 10.6 Å². The van der Waals surface area contributed by atoms with Crippen LogP contribution in [0.5, 0.6) is 0 Å². The van der Waals surface area contributed by atoms with E-state index < -0.39 is 20.0 Å². The van der Waals surface area contributed by atoms with Gasteiger partial charge in [0.1, 0.15) is 0 Å². The molecule has 0 aliphatic heterocycles. The molecule has 3 aromatic rings. The van der Waals surface area contributed by atoms with Crippen LogP contribution in [0.1, 0.15) is 5.56 Å². The van der Waals surface area contributed by atoms with Gasteiger partial charge in [0.15, 0.2) is 0 Å². The number of sulfonamides is 2. The van der Waals surface area contributed by atoms with Crippen molar-refractivity contribution in [3.8, 4) is 0 Å². The van der Waals surface area contributed by atoms with Gasteiger partial charge in [-0.1, -0.05) is 48.5 Å². The molecule has 3 rings (SSSR count). The average Bonchev–Trinajstić information content (AvgIpc) is 2.63. The summed E-state index contributed by atoms with van der Waals surface area (Å²) in [5.74, 6) is -0.425. The van der Waals surface area contributed by atoms with Crippen LogP contribution in [0.25, 0.3) is 9.44 Å². The molecule has 0 amide bonds. The highest BCUT2D eigenvalue weighted by Gasteiger charge is 2.11. The van der Waals surface area contributed by atoms with Crippen LogP contribution in [-0.4, -0.2) is 26.8 Å². The van der Waals surface area contributed by atoms with Crippen molar-refractivity contribution in [1.82, 2.24) is 9.97 Å². The fourth-order valence-corrected chi connectivity index (χ4v) is 4.17. The molecular formula is C17H14N4O4S2-2. The summed E-state index contributed by atoms with van der Waals surface area (Å²) in [6.07, 6.45) is 2.75. The SMILES string of the molecule is O=S(=O)(Cc1ccccc1)[N-]c1ccc(S(=O)(=O)[N-]c2ncccn2)cc1. The van der Waals surface area contributed by atoms with Gasteiger partial charge in [-0.05, 0) is 30.1 Å². The summed E-state index contributed by atoms with van der Waals surface area (Å²) in [5, 5.41) is 0. The van der Waals surface area contributed by atoms with Crippen LogP contribution >= 0.6 is 0 Å². The van der Waals surface area contributed by atoms with Gasteiger partial charge in [0.05, 0.1) is 20.7 Å². The minimum absolute atomic E-state index is 0.116. The molecule has 27 heavy (non-hydrogen) atoms. The molecule has 0 fully saturated rings. The summed E-state index contributed by atoms with van der Waals surface area (Å²) in [5.41, 5.74) is 0.739. The number of rotatable bonds is 7. The van der Waals surface area contributed by atoms with Crippen LogP contribution in [0.4, 0.5) is 11.6 Å². The summed E-state index contributed by atoms with van der Waals surface area (Å²) >= 11 is 0. The molecule has 1 heterocycles. The number of benzene rings is 2. The number of aromatic nitrogens is 2. The molecule has 8 nitrogen and oxygen atoms in total. The van der Waals surface area contributed by atoms with E-state index in [1.54, 1.807) is 30.3 Å². The van der Waals surface area contributed by atoms with Gasteiger partial charge in [-0.2, -0.15) is 0 Å². The molecule has 2 aromatic carbocycles. The molecule has 0 unspecified atom stereocenters. The van der Waals surface area contributed by atoms with Crippen molar-refractivity contribution >= 4 is 31.7 Å². The monoisotopic (exact) mass is 402 g/mol. The van der Waals surface area contributed by atoms with Crippen molar-refractivity contribution in [2.75, 3.05) is 0 Å². The molecule has 0 spiro atoms. The van der Waals surface area contributed by atoms with Crippen LogP contribution in [0.2, 0.25) is 0 Å². The molecule has 0 atom stereocenters. The average molecular weight is 402 g/mol. The van der Waals surface area contributed by atoms with Gasteiger partial charge in [0.25, 0.3) is 0 Å². The highest BCUT2D eigenvalue weighted by Crippen LogP contribution is 2.29. The maximum Gasteiger partial charge on any atom is 0.229 e. The molecule has 1 aromatic heterocycles. The van der Waals surface area contributed by atoms with Crippen LogP contribution < -0.4 is 0 Å². The predicted molar refractivity (Wildman–Crippen MR) is 101 cm³/mol. The minimum Gasteiger partial charge on any atom is -0.577 e. The van der Waals surface area contributed by atoms with E-state index in [0.29, 0.717) is 5.56 Å². The van der Waals surface area contributed by atoms with Gasteiger partial charge >= 0.3 is 0 Å². The first-order valence-corrected chi connectivity index (χ1v) is 10.7. The quantitative estimate of drug-likeness (QED) is 0.597. The highest BCUT2D eigenvalue weighted by atomic mass is 32.2. The molecule has 0 bridgehead atoms. The molecule has 140 valence electrons. The first kappa shape index (κ1) is 18.8. The molecule has 0 saturated carbocycles. The lowest BCUT2D eigenvalue weighted by Gasteiger charge is -2.22. The molecule has 0 saturated heterocycles.